The van der Waals surface area contributed by atoms with Crippen LogP contribution in [0.2, 0.25) is 0 Å². The minimum atomic E-state index is -0.204. The van der Waals surface area contributed by atoms with Crippen LogP contribution in [0, 0.1) is 0 Å². The number of nitrogens with zero attached hydrogens (tertiary/aromatic N) is 2. The topological polar surface area (TPSA) is 82.2 Å². The number of aromatic nitrogens is 2. The zero-order valence-electron chi connectivity index (χ0n) is 10.5. The summed E-state index contributed by atoms with van der Waals surface area (Å²) >= 11 is 0. The molecule has 0 radical (unpaired) electrons. The number of benzene rings is 1. The van der Waals surface area contributed by atoms with Gasteiger partial charge in [-0.05, 0) is 23.8 Å². The summed E-state index contributed by atoms with van der Waals surface area (Å²) in [5, 5.41) is 6.74. The Bertz CT molecular complexity index is 629. The fourth-order valence-electron chi connectivity index (χ4n) is 2.12. The Labute approximate surface area is 110 Å². The first kappa shape index (κ1) is 11.6. The van der Waals surface area contributed by atoms with Crippen molar-refractivity contribution in [3.05, 3.63) is 35.5 Å². The Morgan fingerprint density at radius 2 is 2.37 bits per heavy atom. The SMILES string of the molecule is Cn1ncc(N)c1NC(=O)c1ccc2c(c1)CCO2. The fraction of sp³-hybridized carbons (Fsp3) is 0.231. The monoisotopic (exact) mass is 258 g/mol. The van der Waals surface area contributed by atoms with Crippen molar-refractivity contribution in [2.45, 2.75) is 6.42 Å². The van der Waals surface area contributed by atoms with Gasteiger partial charge in [0.25, 0.3) is 5.91 Å². The van der Waals surface area contributed by atoms with Gasteiger partial charge in [-0.15, -0.1) is 0 Å². The Hall–Kier alpha value is -2.50. The number of hydrogen-bond donors (Lipinski definition) is 2. The van der Waals surface area contributed by atoms with E-state index in [0.717, 1.165) is 17.7 Å². The van der Waals surface area contributed by atoms with Crippen LogP contribution in [0.25, 0.3) is 0 Å². The number of ether oxygens (including phenoxy) is 1. The maximum absolute atomic E-state index is 12.2. The summed E-state index contributed by atoms with van der Waals surface area (Å²) in [6.07, 6.45) is 2.34. The molecule has 3 N–H and O–H groups in total. The Morgan fingerprint density at radius 1 is 1.53 bits per heavy atom. The van der Waals surface area contributed by atoms with Gasteiger partial charge in [0, 0.05) is 19.0 Å². The van der Waals surface area contributed by atoms with Gasteiger partial charge in [-0.2, -0.15) is 5.10 Å². The first-order valence-electron chi connectivity index (χ1n) is 5.99. The Kier molecular flexibility index (Phi) is 2.63. The molecule has 6 heteroatoms. The molecule has 1 aliphatic heterocycles. The highest BCUT2D eigenvalue weighted by Gasteiger charge is 2.16. The molecule has 2 aromatic rings. The van der Waals surface area contributed by atoms with Gasteiger partial charge in [0.05, 0.1) is 18.5 Å². The van der Waals surface area contributed by atoms with Gasteiger partial charge < -0.3 is 15.8 Å². The molecule has 19 heavy (non-hydrogen) atoms. The smallest absolute Gasteiger partial charge is 0.256 e. The van der Waals surface area contributed by atoms with Gasteiger partial charge in [-0.3, -0.25) is 9.48 Å². The number of hydrogen-bond acceptors (Lipinski definition) is 4. The molecule has 0 saturated heterocycles. The molecule has 0 saturated carbocycles. The minimum Gasteiger partial charge on any atom is -0.493 e. The first-order chi connectivity index (χ1) is 9.15. The number of nitrogens with two attached hydrogens (primary N) is 1. The van der Waals surface area contributed by atoms with Crippen LogP contribution in [-0.4, -0.2) is 22.3 Å². The van der Waals surface area contributed by atoms with E-state index in [9.17, 15) is 4.79 Å². The van der Waals surface area contributed by atoms with Crippen molar-refractivity contribution < 1.29 is 9.53 Å². The van der Waals surface area contributed by atoms with Gasteiger partial charge in [0.2, 0.25) is 0 Å². The van der Waals surface area contributed by atoms with Crippen LogP contribution in [0.5, 0.6) is 5.75 Å². The molecule has 0 aliphatic carbocycles. The summed E-state index contributed by atoms with van der Waals surface area (Å²) in [6, 6.07) is 5.42. The second-order valence-corrected chi connectivity index (χ2v) is 4.45. The maximum Gasteiger partial charge on any atom is 0.256 e. The molecule has 0 atom stereocenters. The van der Waals surface area contributed by atoms with Crippen LogP contribution < -0.4 is 15.8 Å². The van der Waals surface area contributed by atoms with Crippen LogP contribution in [0.3, 0.4) is 0 Å². The number of aryl methyl sites for hydroxylation is 1. The molecule has 0 bridgehead atoms. The lowest BCUT2D eigenvalue weighted by Gasteiger charge is -2.07. The number of nitrogen functional groups attached to an aromatic ring is 1. The molecule has 3 rings (SSSR count). The van der Waals surface area contributed by atoms with Crippen LogP contribution in [0.15, 0.2) is 24.4 Å². The number of anilines is 2. The lowest BCUT2D eigenvalue weighted by atomic mass is 10.1. The molecule has 6 nitrogen and oxygen atoms in total. The highest BCUT2D eigenvalue weighted by molar-refractivity contribution is 6.05. The second kappa shape index (κ2) is 4.31. The highest BCUT2D eigenvalue weighted by atomic mass is 16.5. The van der Waals surface area contributed by atoms with Gasteiger partial charge in [0.1, 0.15) is 5.75 Å². The summed E-state index contributed by atoms with van der Waals surface area (Å²) in [7, 11) is 1.72. The van der Waals surface area contributed by atoms with Crippen molar-refractivity contribution in [2.24, 2.45) is 7.05 Å². The van der Waals surface area contributed by atoms with E-state index < -0.39 is 0 Å². The van der Waals surface area contributed by atoms with E-state index in [-0.39, 0.29) is 5.91 Å². The van der Waals surface area contributed by atoms with E-state index in [1.807, 2.05) is 12.1 Å². The fourth-order valence-corrected chi connectivity index (χ4v) is 2.12. The predicted octanol–water partition coefficient (Wildman–Crippen LogP) is 1.19. The average Bonchev–Trinajstić information content (AvgIpc) is 2.99. The molecule has 98 valence electrons. The third kappa shape index (κ3) is 2.01. The van der Waals surface area contributed by atoms with Crippen LogP contribution in [0.4, 0.5) is 11.5 Å². The first-order valence-corrected chi connectivity index (χ1v) is 5.99. The van der Waals surface area contributed by atoms with E-state index in [2.05, 4.69) is 10.4 Å². The number of nitrogens with one attached hydrogen (secondary N) is 1. The molecule has 1 amide bonds. The molecule has 1 aromatic carbocycles. The maximum atomic E-state index is 12.2. The summed E-state index contributed by atoms with van der Waals surface area (Å²) in [5.41, 5.74) is 7.83. The van der Waals surface area contributed by atoms with Gasteiger partial charge >= 0.3 is 0 Å². The van der Waals surface area contributed by atoms with Crippen LogP contribution in [-0.2, 0) is 13.5 Å². The number of carbonyl (C=O) groups excluding carboxylic acids is 1. The standard InChI is InChI=1S/C13H14N4O2/c1-17-12(10(14)7-15-17)16-13(18)9-2-3-11-8(6-9)4-5-19-11/h2-3,6-7H,4-5,14H2,1H3,(H,16,18). The summed E-state index contributed by atoms with van der Waals surface area (Å²) in [4.78, 5) is 12.2. The molecule has 1 aromatic heterocycles. The van der Waals surface area contributed by atoms with Crippen molar-refractivity contribution in [1.82, 2.24) is 9.78 Å². The van der Waals surface area contributed by atoms with Gasteiger partial charge in [-0.1, -0.05) is 0 Å². The summed E-state index contributed by atoms with van der Waals surface area (Å²) < 4.78 is 6.94. The quantitative estimate of drug-likeness (QED) is 0.847. The van der Waals surface area contributed by atoms with Crippen molar-refractivity contribution in [1.29, 1.82) is 0 Å². The lowest BCUT2D eigenvalue weighted by molar-refractivity contribution is 0.102. The van der Waals surface area contributed by atoms with Gasteiger partial charge in [-0.25, -0.2) is 0 Å². The van der Waals surface area contributed by atoms with E-state index in [1.54, 1.807) is 13.1 Å². The van der Waals surface area contributed by atoms with Gasteiger partial charge in [0.15, 0.2) is 5.82 Å². The number of rotatable bonds is 2. The third-order valence-electron chi connectivity index (χ3n) is 3.15. The van der Waals surface area contributed by atoms with E-state index in [4.69, 9.17) is 10.5 Å². The van der Waals surface area contributed by atoms with E-state index in [1.165, 1.54) is 10.9 Å². The molecule has 0 spiro atoms. The lowest BCUT2D eigenvalue weighted by Crippen LogP contribution is -2.15. The van der Waals surface area contributed by atoms with Crippen LogP contribution in [0.1, 0.15) is 15.9 Å². The molecular weight excluding hydrogens is 244 g/mol. The average molecular weight is 258 g/mol. The highest BCUT2D eigenvalue weighted by Crippen LogP contribution is 2.26. The van der Waals surface area contributed by atoms with E-state index >= 15 is 0 Å². The molecule has 2 heterocycles. The summed E-state index contributed by atoms with van der Waals surface area (Å²) in [5.74, 6) is 1.16. The van der Waals surface area contributed by atoms with Crippen LogP contribution >= 0.6 is 0 Å². The zero-order chi connectivity index (χ0) is 13.4. The molecule has 1 aliphatic rings. The normalized spacial score (nSPS) is 12.9. The molecular formula is C13H14N4O2. The third-order valence-corrected chi connectivity index (χ3v) is 3.15. The van der Waals surface area contributed by atoms with Crippen molar-refractivity contribution >= 4 is 17.4 Å². The summed E-state index contributed by atoms with van der Waals surface area (Å²) in [6.45, 7) is 0.676. The predicted molar refractivity (Wildman–Crippen MR) is 71.2 cm³/mol. The van der Waals surface area contributed by atoms with Crippen molar-refractivity contribution in [2.75, 3.05) is 17.7 Å². The second-order valence-electron chi connectivity index (χ2n) is 4.45. The molecule has 0 unspecified atom stereocenters. The number of fused-ring (bicyclic) bond motifs is 1. The zero-order valence-corrected chi connectivity index (χ0v) is 10.5. The number of carbonyl (C=O) groups is 1. The van der Waals surface area contributed by atoms with Crippen molar-refractivity contribution in [3.8, 4) is 5.75 Å². The number of amides is 1. The minimum absolute atomic E-state index is 0.204. The van der Waals surface area contributed by atoms with E-state index in [0.29, 0.717) is 23.7 Å². The Balaban J connectivity index is 1.85. The van der Waals surface area contributed by atoms with Crippen molar-refractivity contribution in [3.63, 3.8) is 0 Å². The Morgan fingerprint density at radius 3 is 3.11 bits per heavy atom. The molecule has 0 fully saturated rings. The largest absolute Gasteiger partial charge is 0.493 e.